The van der Waals surface area contributed by atoms with Crippen molar-refractivity contribution in [1.29, 1.82) is 0 Å². The van der Waals surface area contributed by atoms with E-state index >= 15 is 0 Å². The Morgan fingerprint density at radius 1 is 1.29 bits per heavy atom. The van der Waals surface area contributed by atoms with Crippen molar-refractivity contribution in [2.24, 2.45) is 11.8 Å². The fourth-order valence-electron chi connectivity index (χ4n) is 2.51. The average molecular weight is 353 g/mol. The molecule has 0 spiro atoms. The molecule has 6 heteroatoms. The van der Waals surface area contributed by atoms with Crippen LogP contribution in [-0.4, -0.2) is 46.4 Å². The molecule has 0 saturated carbocycles. The van der Waals surface area contributed by atoms with Crippen molar-refractivity contribution in [3.63, 3.8) is 0 Å². The van der Waals surface area contributed by atoms with E-state index in [4.69, 9.17) is 0 Å². The van der Waals surface area contributed by atoms with E-state index in [0.29, 0.717) is 17.7 Å². The monoisotopic (exact) mass is 352 g/mol. The zero-order valence-corrected chi connectivity index (χ0v) is 15.3. The minimum absolute atomic E-state index is 0.121. The third-order valence-electron chi connectivity index (χ3n) is 3.95. The molecular weight excluding hydrogens is 324 g/mol. The Kier molecular flexibility index (Phi) is 10.4. The van der Waals surface area contributed by atoms with E-state index in [0.717, 1.165) is 25.3 Å². The highest BCUT2D eigenvalue weighted by Gasteiger charge is 2.32. The lowest BCUT2D eigenvalue weighted by Crippen LogP contribution is -2.32. The molecule has 1 aromatic heterocycles. The molecule has 2 atom stereocenters. The first-order valence-corrected chi connectivity index (χ1v) is 9.72. The first-order chi connectivity index (χ1) is 11.6. The van der Waals surface area contributed by atoms with Crippen LogP contribution < -0.4 is 5.32 Å². The van der Waals surface area contributed by atoms with Crippen molar-refractivity contribution in [2.75, 3.05) is 24.6 Å². The van der Waals surface area contributed by atoms with E-state index in [1.165, 1.54) is 12.6 Å². The van der Waals surface area contributed by atoms with E-state index in [9.17, 15) is 14.7 Å². The fraction of sp³-hybridized carbons (Fsp3) is 0.611. The van der Waals surface area contributed by atoms with Gasteiger partial charge in [-0.2, -0.15) is 11.8 Å². The first-order valence-electron chi connectivity index (χ1n) is 8.57. The van der Waals surface area contributed by atoms with Gasteiger partial charge in [0, 0.05) is 41.9 Å². The normalized spacial score (nSPS) is 13.4. The fourth-order valence-corrected chi connectivity index (χ4v) is 3.60. The molecule has 1 aromatic rings. The summed E-state index contributed by atoms with van der Waals surface area (Å²) in [6.07, 6.45) is 5.89. The van der Waals surface area contributed by atoms with Gasteiger partial charge in [0.1, 0.15) is 0 Å². The summed E-state index contributed by atoms with van der Waals surface area (Å²) >= 11 is 1.64. The molecule has 0 bridgehead atoms. The molecule has 1 rings (SSSR count). The third-order valence-corrected chi connectivity index (χ3v) is 5.04. The van der Waals surface area contributed by atoms with Crippen molar-refractivity contribution in [1.82, 2.24) is 10.3 Å². The summed E-state index contributed by atoms with van der Waals surface area (Å²) in [5.74, 6) is -0.800. The molecule has 0 radical (unpaired) electrons. The summed E-state index contributed by atoms with van der Waals surface area (Å²) in [6.45, 7) is 5.85. The zero-order valence-electron chi connectivity index (χ0n) is 14.5. The van der Waals surface area contributed by atoms with Gasteiger partial charge in [-0.25, -0.2) is 0 Å². The predicted octanol–water partition coefficient (Wildman–Crippen LogP) is 3.11. The van der Waals surface area contributed by atoms with Gasteiger partial charge in [-0.15, -0.1) is 0 Å². The number of aromatic nitrogens is 1. The molecule has 0 aromatic carbocycles. The molecule has 2 N–H and O–H groups in total. The highest BCUT2D eigenvalue weighted by atomic mass is 32.2. The average Bonchev–Trinajstić information content (AvgIpc) is 2.60. The van der Waals surface area contributed by atoms with Crippen LogP contribution in [0.25, 0.3) is 0 Å². The number of unbranched alkanes of at least 4 members (excludes halogenated alkanes) is 1. The maximum Gasteiger partial charge on any atom is 0.307 e. The lowest BCUT2D eigenvalue weighted by atomic mass is 9.86. The van der Waals surface area contributed by atoms with Gasteiger partial charge >= 0.3 is 5.97 Å². The van der Waals surface area contributed by atoms with Crippen molar-refractivity contribution in [3.05, 3.63) is 30.1 Å². The van der Waals surface area contributed by atoms with E-state index in [-0.39, 0.29) is 5.78 Å². The van der Waals surface area contributed by atoms with Crippen LogP contribution in [0.5, 0.6) is 0 Å². The molecule has 24 heavy (non-hydrogen) atoms. The van der Waals surface area contributed by atoms with Gasteiger partial charge in [-0.05, 0) is 31.5 Å². The lowest BCUT2D eigenvalue weighted by molar-refractivity contribution is -0.143. The number of thioether (sulfide) groups is 1. The number of nitrogens with one attached hydrogen (secondary N) is 1. The Morgan fingerprint density at radius 2 is 2.08 bits per heavy atom. The minimum atomic E-state index is -0.901. The van der Waals surface area contributed by atoms with Crippen LogP contribution in [0.15, 0.2) is 24.5 Å². The topological polar surface area (TPSA) is 79.3 Å². The number of hydrogen-bond acceptors (Lipinski definition) is 5. The van der Waals surface area contributed by atoms with E-state index in [1.54, 1.807) is 30.1 Å². The summed E-state index contributed by atoms with van der Waals surface area (Å²) in [6, 6.07) is 3.41. The van der Waals surface area contributed by atoms with Crippen LogP contribution in [0.1, 0.15) is 43.5 Å². The summed E-state index contributed by atoms with van der Waals surface area (Å²) in [5.41, 5.74) is 0.490. The molecule has 134 valence electrons. The number of ketones is 1. The number of hydrogen-bond donors (Lipinski definition) is 2. The number of carboxylic acids is 1. The number of carbonyl (C=O) groups is 2. The number of carboxylic acid groups (broad SMARTS) is 1. The van der Waals surface area contributed by atoms with Crippen LogP contribution in [0, 0.1) is 11.8 Å². The Labute approximate surface area is 148 Å². The molecule has 0 fully saturated rings. The van der Waals surface area contributed by atoms with Crippen molar-refractivity contribution < 1.29 is 14.7 Å². The molecule has 0 aliphatic heterocycles. The summed E-state index contributed by atoms with van der Waals surface area (Å²) in [7, 11) is 0. The third kappa shape index (κ3) is 7.01. The second kappa shape index (κ2) is 12.0. The van der Waals surface area contributed by atoms with Crippen LogP contribution in [0.3, 0.4) is 0 Å². The van der Waals surface area contributed by atoms with Crippen molar-refractivity contribution >= 4 is 23.5 Å². The first kappa shape index (κ1) is 20.6. The van der Waals surface area contributed by atoms with E-state index in [1.807, 2.05) is 6.92 Å². The molecule has 0 saturated heterocycles. The Morgan fingerprint density at radius 3 is 2.67 bits per heavy atom. The smallest absolute Gasteiger partial charge is 0.307 e. The summed E-state index contributed by atoms with van der Waals surface area (Å²) in [5, 5.41) is 12.8. The Balaban J connectivity index is 2.62. The number of carbonyl (C=O) groups excluding carboxylic acids is 1. The largest absolute Gasteiger partial charge is 0.481 e. The second-order valence-electron chi connectivity index (χ2n) is 5.74. The number of pyridine rings is 1. The van der Waals surface area contributed by atoms with Crippen molar-refractivity contribution in [3.8, 4) is 0 Å². The lowest BCUT2D eigenvalue weighted by Gasteiger charge is -2.21. The molecule has 2 unspecified atom stereocenters. The zero-order chi connectivity index (χ0) is 17.8. The van der Waals surface area contributed by atoms with Gasteiger partial charge in [0.2, 0.25) is 0 Å². The maximum absolute atomic E-state index is 12.7. The molecule has 0 aliphatic rings. The van der Waals surface area contributed by atoms with E-state index in [2.05, 4.69) is 17.2 Å². The van der Waals surface area contributed by atoms with Gasteiger partial charge in [0.15, 0.2) is 5.78 Å². The highest BCUT2D eigenvalue weighted by molar-refractivity contribution is 7.99. The van der Waals surface area contributed by atoms with Crippen LogP contribution in [-0.2, 0) is 4.79 Å². The van der Waals surface area contributed by atoms with Crippen LogP contribution >= 0.6 is 11.8 Å². The number of rotatable bonds is 13. The standard InChI is InChI=1S/C18H28N2O3S/c1-3-5-8-19-10-11-24-13-16(15(4-2)18(22)23)17(21)14-7-6-9-20-12-14/h6-7,9,12,15-16,19H,3-5,8,10-11,13H2,1-2H3,(H,22,23). The quantitative estimate of drug-likeness (QED) is 0.419. The molecule has 0 amide bonds. The Bertz CT molecular complexity index is 496. The molecule has 5 nitrogen and oxygen atoms in total. The minimum Gasteiger partial charge on any atom is -0.481 e. The number of aliphatic carboxylic acids is 1. The SMILES string of the molecule is CCCCNCCSCC(C(=O)c1cccnc1)C(CC)C(=O)O. The van der Waals surface area contributed by atoms with Crippen molar-refractivity contribution in [2.45, 2.75) is 33.1 Å². The number of nitrogens with zero attached hydrogens (tertiary/aromatic N) is 1. The summed E-state index contributed by atoms with van der Waals surface area (Å²) < 4.78 is 0. The second-order valence-corrected chi connectivity index (χ2v) is 6.89. The Hall–Kier alpha value is -1.40. The highest BCUT2D eigenvalue weighted by Crippen LogP contribution is 2.25. The molecule has 0 aliphatic carbocycles. The van der Waals surface area contributed by atoms with Gasteiger partial charge in [-0.3, -0.25) is 14.6 Å². The number of Topliss-reactive ketones (excluding diaryl/α,β-unsaturated/α-hetero) is 1. The van der Waals surface area contributed by atoms with Crippen LogP contribution in [0.4, 0.5) is 0 Å². The molecular formula is C18H28N2O3S. The molecule has 1 heterocycles. The van der Waals surface area contributed by atoms with Gasteiger partial charge < -0.3 is 10.4 Å². The van der Waals surface area contributed by atoms with Gasteiger partial charge in [-0.1, -0.05) is 20.3 Å². The van der Waals surface area contributed by atoms with E-state index < -0.39 is 17.8 Å². The van der Waals surface area contributed by atoms with Crippen LogP contribution in [0.2, 0.25) is 0 Å². The van der Waals surface area contributed by atoms with Gasteiger partial charge in [0.05, 0.1) is 5.92 Å². The maximum atomic E-state index is 12.7. The predicted molar refractivity (Wildman–Crippen MR) is 98.6 cm³/mol. The summed E-state index contributed by atoms with van der Waals surface area (Å²) in [4.78, 5) is 28.2. The van der Waals surface area contributed by atoms with Gasteiger partial charge in [0.25, 0.3) is 0 Å².